The van der Waals surface area contributed by atoms with Crippen LogP contribution in [0.4, 0.5) is 0 Å². The van der Waals surface area contributed by atoms with Crippen LogP contribution in [-0.2, 0) is 16.8 Å². The lowest BCUT2D eigenvalue weighted by atomic mass is 9.85. The van der Waals surface area contributed by atoms with Crippen molar-refractivity contribution in [3.63, 3.8) is 0 Å². The SMILES string of the molecule is C1=COC2(C=C1)C=CCc1nc3ccccc3cc12. The molecule has 0 bridgehead atoms. The second-order valence-corrected chi connectivity index (χ2v) is 4.88. The fraction of sp³-hybridized carbons (Fsp3) is 0.118. The molecule has 1 spiro atoms. The quantitative estimate of drug-likeness (QED) is 0.663. The van der Waals surface area contributed by atoms with Gasteiger partial charge in [0, 0.05) is 17.4 Å². The van der Waals surface area contributed by atoms with E-state index in [1.54, 1.807) is 6.26 Å². The summed E-state index contributed by atoms with van der Waals surface area (Å²) in [6, 6.07) is 10.4. The highest BCUT2D eigenvalue weighted by atomic mass is 16.5. The minimum atomic E-state index is -0.473. The molecule has 1 aromatic carbocycles. The lowest BCUT2D eigenvalue weighted by molar-refractivity contribution is 0.107. The Morgan fingerprint density at radius 1 is 1.11 bits per heavy atom. The topological polar surface area (TPSA) is 22.1 Å². The average Bonchev–Trinajstić information content (AvgIpc) is 2.47. The summed E-state index contributed by atoms with van der Waals surface area (Å²) < 4.78 is 5.89. The van der Waals surface area contributed by atoms with Crippen LogP contribution in [0.5, 0.6) is 0 Å². The van der Waals surface area contributed by atoms with Crippen molar-refractivity contribution in [3.8, 4) is 0 Å². The second-order valence-electron chi connectivity index (χ2n) is 4.88. The number of rotatable bonds is 0. The van der Waals surface area contributed by atoms with Crippen molar-refractivity contribution in [2.75, 3.05) is 0 Å². The minimum Gasteiger partial charge on any atom is -0.482 e. The number of fused-ring (bicyclic) bond motifs is 3. The number of pyridine rings is 1. The van der Waals surface area contributed by atoms with Crippen molar-refractivity contribution in [1.29, 1.82) is 0 Å². The van der Waals surface area contributed by atoms with Crippen LogP contribution < -0.4 is 0 Å². The summed E-state index contributed by atoms with van der Waals surface area (Å²) in [6.45, 7) is 0. The molecule has 19 heavy (non-hydrogen) atoms. The predicted molar refractivity (Wildman–Crippen MR) is 75.6 cm³/mol. The van der Waals surface area contributed by atoms with Gasteiger partial charge in [-0.1, -0.05) is 30.4 Å². The molecule has 1 aliphatic carbocycles. The number of aromatic nitrogens is 1. The number of hydrogen-bond acceptors (Lipinski definition) is 2. The van der Waals surface area contributed by atoms with Gasteiger partial charge in [0.05, 0.1) is 17.5 Å². The van der Waals surface area contributed by atoms with Gasteiger partial charge in [-0.25, -0.2) is 0 Å². The zero-order valence-electron chi connectivity index (χ0n) is 10.4. The number of allylic oxidation sites excluding steroid dienone is 3. The average molecular weight is 247 g/mol. The Morgan fingerprint density at radius 2 is 2.05 bits per heavy atom. The van der Waals surface area contributed by atoms with Crippen molar-refractivity contribution < 1.29 is 4.74 Å². The normalized spacial score (nSPS) is 23.6. The molecule has 0 radical (unpaired) electrons. The molecule has 0 saturated carbocycles. The number of ether oxygens (including phenoxy) is 1. The van der Waals surface area contributed by atoms with Crippen molar-refractivity contribution in [2.45, 2.75) is 12.0 Å². The zero-order valence-corrected chi connectivity index (χ0v) is 10.4. The summed E-state index contributed by atoms with van der Waals surface area (Å²) in [5, 5.41) is 1.16. The van der Waals surface area contributed by atoms with Crippen LogP contribution >= 0.6 is 0 Å². The van der Waals surface area contributed by atoms with Crippen LogP contribution in [0.3, 0.4) is 0 Å². The maximum Gasteiger partial charge on any atom is 0.172 e. The lowest BCUT2D eigenvalue weighted by Crippen LogP contribution is -2.28. The highest BCUT2D eigenvalue weighted by Crippen LogP contribution is 2.38. The summed E-state index contributed by atoms with van der Waals surface area (Å²) in [5.74, 6) is 0. The molecule has 2 aliphatic rings. The molecule has 2 aromatic rings. The highest BCUT2D eigenvalue weighted by Gasteiger charge is 2.34. The van der Waals surface area contributed by atoms with Crippen LogP contribution in [0.2, 0.25) is 0 Å². The van der Waals surface area contributed by atoms with E-state index in [4.69, 9.17) is 9.72 Å². The molecule has 1 atom stereocenters. The molecule has 0 amide bonds. The first kappa shape index (κ1) is 10.6. The smallest absolute Gasteiger partial charge is 0.172 e. The van der Waals surface area contributed by atoms with Crippen molar-refractivity contribution in [1.82, 2.24) is 4.98 Å². The molecule has 1 unspecified atom stereocenters. The first-order chi connectivity index (χ1) is 9.37. The third-order valence-electron chi connectivity index (χ3n) is 3.70. The first-order valence-corrected chi connectivity index (χ1v) is 6.46. The van der Waals surface area contributed by atoms with Crippen LogP contribution in [0.25, 0.3) is 10.9 Å². The van der Waals surface area contributed by atoms with E-state index in [-0.39, 0.29) is 0 Å². The van der Waals surface area contributed by atoms with Crippen LogP contribution in [0.1, 0.15) is 11.3 Å². The third-order valence-corrected chi connectivity index (χ3v) is 3.70. The maximum atomic E-state index is 5.89. The Balaban J connectivity index is 1.99. The van der Waals surface area contributed by atoms with Gasteiger partial charge in [0.25, 0.3) is 0 Å². The van der Waals surface area contributed by atoms with Crippen molar-refractivity contribution in [2.24, 2.45) is 0 Å². The molecule has 2 heterocycles. The van der Waals surface area contributed by atoms with E-state index in [0.717, 1.165) is 28.6 Å². The van der Waals surface area contributed by atoms with E-state index < -0.39 is 5.60 Å². The van der Waals surface area contributed by atoms with E-state index in [2.05, 4.69) is 36.4 Å². The van der Waals surface area contributed by atoms with Gasteiger partial charge in [0.1, 0.15) is 0 Å². The zero-order chi connectivity index (χ0) is 12.7. The van der Waals surface area contributed by atoms with Gasteiger partial charge in [0.2, 0.25) is 0 Å². The van der Waals surface area contributed by atoms with Gasteiger partial charge in [-0.2, -0.15) is 0 Å². The Bertz CT molecular complexity index is 742. The van der Waals surface area contributed by atoms with Gasteiger partial charge < -0.3 is 4.74 Å². The van der Waals surface area contributed by atoms with Gasteiger partial charge >= 0.3 is 0 Å². The molecule has 0 fully saturated rings. The number of nitrogens with zero attached hydrogens (tertiary/aromatic N) is 1. The molecule has 2 heteroatoms. The molecule has 0 saturated heterocycles. The van der Waals surface area contributed by atoms with Crippen molar-refractivity contribution >= 4 is 10.9 Å². The molecule has 4 rings (SSSR count). The lowest BCUT2D eigenvalue weighted by Gasteiger charge is -2.33. The molecule has 0 N–H and O–H groups in total. The van der Waals surface area contributed by atoms with E-state index in [0.29, 0.717) is 0 Å². The largest absolute Gasteiger partial charge is 0.482 e. The van der Waals surface area contributed by atoms with Crippen LogP contribution in [0.15, 0.2) is 67.0 Å². The first-order valence-electron chi connectivity index (χ1n) is 6.46. The van der Waals surface area contributed by atoms with Gasteiger partial charge in [-0.15, -0.1) is 0 Å². The molecule has 1 aromatic heterocycles. The Hall–Kier alpha value is -2.35. The predicted octanol–water partition coefficient (Wildman–Crippen LogP) is 3.64. The fourth-order valence-corrected chi connectivity index (χ4v) is 2.77. The standard InChI is InChI=1S/C17H13NO/c1-2-7-15-13(6-1)12-14-16(18-15)8-5-10-17(14)9-3-4-11-19-17/h1-7,9-12H,8H2. The van der Waals surface area contributed by atoms with E-state index in [1.807, 2.05) is 24.3 Å². The Kier molecular flexibility index (Phi) is 2.12. The van der Waals surface area contributed by atoms with E-state index in [1.165, 1.54) is 0 Å². The maximum absolute atomic E-state index is 5.89. The summed E-state index contributed by atoms with van der Waals surface area (Å²) in [4.78, 5) is 4.78. The summed E-state index contributed by atoms with van der Waals surface area (Å²) >= 11 is 0. The molecule has 1 aliphatic heterocycles. The molecular weight excluding hydrogens is 234 g/mol. The number of para-hydroxylation sites is 1. The van der Waals surface area contributed by atoms with Crippen LogP contribution in [-0.4, -0.2) is 4.98 Å². The second kappa shape index (κ2) is 3.82. The summed E-state index contributed by atoms with van der Waals surface area (Å²) in [6.07, 6.45) is 12.9. The summed E-state index contributed by atoms with van der Waals surface area (Å²) in [5.41, 5.74) is 2.82. The third kappa shape index (κ3) is 1.53. The fourth-order valence-electron chi connectivity index (χ4n) is 2.77. The molecule has 2 nitrogen and oxygen atoms in total. The van der Waals surface area contributed by atoms with Crippen molar-refractivity contribution in [3.05, 3.63) is 78.2 Å². The Morgan fingerprint density at radius 3 is 2.95 bits per heavy atom. The summed E-state index contributed by atoms with van der Waals surface area (Å²) in [7, 11) is 0. The Labute approximate surface area is 111 Å². The van der Waals surface area contributed by atoms with E-state index >= 15 is 0 Å². The monoisotopic (exact) mass is 247 g/mol. The van der Waals surface area contributed by atoms with E-state index in [9.17, 15) is 0 Å². The molecule has 92 valence electrons. The highest BCUT2D eigenvalue weighted by molar-refractivity contribution is 5.80. The van der Waals surface area contributed by atoms with Gasteiger partial charge in [-0.05, 0) is 30.4 Å². The van der Waals surface area contributed by atoms with Crippen LogP contribution in [0, 0.1) is 0 Å². The molecular formula is C17H13NO. The van der Waals surface area contributed by atoms with Gasteiger partial charge in [-0.3, -0.25) is 4.98 Å². The number of hydrogen-bond donors (Lipinski definition) is 0. The van der Waals surface area contributed by atoms with Gasteiger partial charge in [0.15, 0.2) is 5.60 Å². The minimum absolute atomic E-state index is 0.473. The number of benzene rings is 1.